The van der Waals surface area contributed by atoms with Gasteiger partial charge in [-0.2, -0.15) is 35.5 Å². The van der Waals surface area contributed by atoms with Crippen LogP contribution in [0.1, 0.15) is 58.2 Å². The summed E-state index contributed by atoms with van der Waals surface area (Å²) in [6.45, 7) is 16.0. The van der Waals surface area contributed by atoms with Crippen LogP contribution in [0.25, 0.3) is 44.2 Å². The van der Waals surface area contributed by atoms with E-state index < -0.39 is 20.8 Å². The molecular weight excluding hydrogens is 695 g/mol. The van der Waals surface area contributed by atoms with Crippen LogP contribution < -0.4 is 10.4 Å². The fourth-order valence-electron chi connectivity index (χ4n) is 5.97. The molecule has 0 nitrogen and oxygen atoms in total. The van der Waals surface area contributed by atoms with Crippen LogP contribution in [0.15, 0.2) is 115 Å². The monoisotopic (exact) mass is 732 g/mol. The molecule has 46 heavy (non-hydrogen) atoms. The summed E-state index contributed by atoms with van der Waals surface area (Å²) in [4.78, 5) is 0. The molecular formula is C42H40Cl2SiZr. The molecule has 0 saturated heterocycles. The molecule has 0 atom stereocenters. The molecule has 230 valence electrons. The van der Waals surface area contributed by atoms with Crippen LogP contribution in [-0.2, 0) is 31.7 Å². The van der Waals surface area contributed by atoms with Gasteiger partial charge in [-0.1, -0.05) is 144 Å². The molecule has 0 bridgehead atoms. The molecule has 7 rings (SSSR count). The summed E-state index contributed by atoms with van der Waals surface area (Å²) in [5.74, 6) is 0. The molecule has 0 N–H and O–H groups in total. The Kier molecular flexibility index (Phi) is 11.1. The minimum absolute atomic E-state index is 0.0960. The van der Waals surface area contributed by atoms with Crippen molar-refractivity contribution in [3.05, 3.63) is 138 Å². The van der Waals surface area contributed by atoms with E-state index in [2.05, 4.69) is 164 Å². The fraction of sp³-hybridized carbons (Fsp3) is 0.214. The van der Waals surface area contributed by atoms with Crippen LogP contribution in [0.5, 0.6) is 0 Å². The van der Waals surface area contributed by atoms with Crippen LogP contribution >= 0.6 is 17.0 Å². The number of halogens is 2. The minimum Gasteiger partial charge on any atom is -0.184 e. The van der Waals surface area contributed by atoms with Gasteiger partial charge in [-0.05, 0) is 38.6 Å². The van der Waals surface area contributed by atoms with Gasteiger partial charge >= 0.3 is 37.9 Å². The van der Waals surface area contributed by atoms with Crippen LogP contribution in [0, 0.1) is 13.0 Å². The number of aryl methyl sites for hydroxylation is 1. The normalized spacial score (nSPS) is 11.8. The van der Waals surface area contributed by atoms with Crippen LogP contribution in [-0.4, -0.2) is 9.52 Å². The van der Waals surface area contributed by atoms with E-state index in [4.69, 9.17) is 17.0 Å². The minimum atomic E-state index is -0.826. The van der Waals surface area contributed by atoms with Gasteiger partial charge in [0.15, 0.2) is 0 Å². The Bertz CT molecular complexity index is 1870. The van der Waals surface area contributed by atoms with Gasteiger partial charge in [-0.25, -0.2) is 0 Å². The Labute approximate surface area is 297 Å². The van der Waals surface area contributed by atoms with E-state index in [1.165, 1.54) is 71.2 Å². The van der Waals surface area contributed by atoms with Gasteiger partial charge in [-0.3, -0.25) is 0 Å². The van der Waals surface area contributed by atoms with Crippen LogP contribution in [0.3, 0.4) is 0 Å². The molecule has 0 saturated carbocycles. The molecule has 4 heteroatoms. The SMILES string of the molecule is Cc1cc2c(-c3cc(C(C)(C)C)cc(C(C)(C)C)c3)c(-c3ccccc3)ccc2[cH-]1.[Cl][Zr+2][Cl].[c-]1cccc2c1[Si]c1ccccc1-2. The molecule has 0 unspecified atom stereocenters. The summed E-state index contributed by atoms with van der Waals surface area (Å²) in [5, 5.41) is 5.49. The first-order valence-corrected chi connectivity index (χ1v) is 23.0. The van der Waals surface area contributed by atoms with Crippen molar-refractivity contribution in [2.75, 3.05) is 0 Å². The zero-order valence-corrected chi connectivity index (χ0v) is 32.7. The molecule has 0 aromatic heterocycles. The maximum Gasteiger partial charge on any atom is 0.0920 e. The van der Waals surface area contributed by atoms with Gasteiger partial charge in [0, 0.05) is 0 Å². The zero-order chi connectivity index (χ0) is 33.1. The van der Waals surface area contributed by atoms with Gasteiger partial charge in [-0.15, -0.1) is 34.0 Å². The van der Waals surface area contributed by atoms with Crippen molar-refractivity contribution in [1.29, 1.82) is 0 Å². The number of benzene rings is 5. The maximum absolute atomic E-state index is 4.93. The predicted molar refractivity (Wildman–Crippen MR) is 200 cm³/mol. The van der Waals surface area contributed by atoms with Crippen molar-refractivity contribution < 1.29 is 20.8 Å². The molecule has 0 spiro atoms. The Morgan fingerprint density at radius 1 is 0.652 bits per heavy atom. The summed E-state index contributed by atoms with van der Waals surface area (Å²) in [6, 6.07) is 45.4. The summed E-state index contributed by atoms with van der Waals surface area (Å²) in [7, 11) is 10.7. The van der Waals surface area contributed by atoms with E-state index in [1.807, 2.05) is 6.07 Å². The fourth-order valence-corrected chi connectivity index (χ4v) is 7.27. The molecule has 0 fully saturated rings. The smallest absolute Gasteiger partial charge is 0.0920 e. The van der Waals surface area contributed by atoms with Crippen molar-refractivity contribution in [1.82, 2.24) is 0 Å². The Hall–Kier alpha value is -2.61. The predicted octanol–water partition coefficient (Wildman–Crippen LogP) is 11.3. The van der Waals surface area contributed by atoms with Crippen molar-refractivity contribution in [3.63, 3.8) is 0 Å². The third-order valence-electron chi connectivity index (χ3n) is 8.41. The topological polar surface area (TPSA) is 0 Å². The molecule has 6 aromatic carbocycles. The third-order valence-corrected chi connectivity index (χ3v) is 9.77. The largest absolute Gasteiger partial charge is 0.184 e. The summed E-state index contributed by atoms with van der Waals surface area (Å²) in [5.41, 5.74) is 12.3. The van der Waals surface area contributed by atoms with Crippen molar-refractivity contribution in [3.8, 4) is 33.4 Å². The number of fused-ring (bicyclic) bond motifs is 4. The summed E-state index contributed by atoms with van der Waals surface area (Å²) in [6.07, 6.45) is 0. The first kappa shape index (κ1) is 34.7. The maximum atomic E-state index is 4.93. The van der Waals surface area contributed by atoms with E-state index in [0.717, 1.165) is 9.52 Å². The number of hydrogen-bond donors (Lipinski definition) is 0. The van der Waals surface area contributed by atoms with Gasteiger partial charge < -0.3 is 0 Å². The van der Waals surface area contributed by atoms with Gasteiger partial charge in [0.25, 0.3) is 0 Å². The van der Waals surface area contributed by atoms with Gasteiger partial charge in [0.2, 0.25) is 0 Å². The van der Waals surface area contributed by atoms with Gasteiger partial charge in [0.1, 0.15) is 0 Å². The average molecular weight is 735 g/mol. The van der Waals surface area contributed by atoms with E-state index >= 15 is 0 Å². The zero-order valence-electron chi connectivity index (χ0n) is 27.7. The van der Waals surface area contributed by atoms with E-state index in [0.29, 0.717) is 0 Å². The number of hydrogen-bond acceptors (Lipinski definition) is 0. The van der Waals surface area contributed by atoms with E-state index in [-0.39, 0.29) is 10.8 Å². The second-order valence-corrected chi connectivity index (χ2v) is 18.9. The molecule has 0 aliphatic carbocycles. The third kappa shape index (κ3) is 7.91. The first-order valence-electron chi connectivity index (χ1n) is 15.7. The van der Waals surface area contributed by atoms with E-state index in [9.17, 15) is 0 Å². The quantitative estimate of drug-likeness (QED) is 0.123. The Morgan fingerprint density at radius 3 is 1.91 bits per heavy atom. The average Bonchev–Trinajstić information content (AvgIpc) is 3.60. The molecule has 2 radical (unpaired) electrons. The molecule has 1 heterocycles. The Morgan fingerprint density at radius 2 is 1.26 bits per heavy atom. The van der Waals surface area contributed by atoms with Crippen molar-refractivity contribution >= 4 is 47.7 Å². The summed E-state index contributed by atoms with van der Waals surface area (Å²) >= 11 is -0.826. The number of rotatable bonds is 2. The molecule has 1 aliphatic heterocycles. The Balaban J connectivity index is 0.000000214. The summed E-state index contributed by atoms with van der Waals surface area (Å²) < 4.78 is 0. The molecule has 1 aliphatic rings. The standard InChI is InChI=1S/C30H33.C12H7Si.2ClH.Zr/c1-20-15-22-13-14-26(21-11-9-8-10-12-21)28(27(22)16-20)23-17-24(29(2,3)4)19-25(18-23)30(5,6)7;1-3-7-11-9(5-1)10-6-2-4-8-12(10)13-11;;;/h8-19H,1-7H3;1-7H;2*1H;/q2*-1;;;+4/p-2. The van der Waals surface area contributed by atoms with Crippen LogP contribution in [0.2, 0.25) is 0 Å². The van der Waals surface area contributed by atoms with Crippen molar-refractivity contribution in [2.24, 2.45) is 0 Å². The second kappa shape index (κ2) is 14.7. The molecule has 6 aromatic rings. The molecule has 0 amide bonds. The van der Waals surface area contributed by atoms with Crippen LogP contribution in [0.4, 0.5) is 0 Å². The first-order chi connectivity index (χ1) is 21.9. The van der Waals surface area contributed by atoms with E-state index in [1.54, 1.807) is 0 Å². The van der Waals surface area contributed by atoms with Crippen molar-refractivity contribution in [2.45, 2.75) is 59.3 Å². The second-order valence-electron chi connectivity index (χ2n) is 13.9. The van der Waals surface area contributed by atoms with Gasteiger partial charge in [0.05, 0.1) is 9.52 Å².